The summed E-state index contributed by atoms with van der Waals surface area (Å²) < 4.78 is 5.49. The Hall–Kier alpha value is -1.39. The highest BCUT2D eigenvalue weighted by atomic mass is 32.1. The minimum atomic E-state index is 0.247. The van der Waals surface area contributed by atoms with Gasteiger partial charge < -0.3 is 10.1 Å². The fourth-order valence-corrected chi connectivity index (χ4v) is 3.05. The molecule has 1 aromatic heterocycles. The predicted molar refractivity (Wildman–Crippen MR) is 84.6 cm³/mol. The highest BCUT2D eigenvalue weighted by Gasteiger charge is 2.17. The zero-order valence-electron chi connectivity index (χ0n) is 12.3. The first-order valence-electron chi connectivity index (χ1n) is 7.02. The second-order valence-corrected chi connectivity index (χ2v) is 5.78. The molecule has 0 spiro atoms. The van der Waals surface area contributed by atoms with Gasteiger partial charge in [0.1, 0.15) is 5.75 Å². The highest BCUT2D eigenvalue weighted by molar-refractivity contribution is 7.09. The van der Waals surface area contributed by atoms with Crippen LogP contribution in [0.25, 0.3) is 0 Å². The van der Waals surface area contributed by atoms with Gasteiger partial charge in [-0.3, -0.25) is 0 Å². The molecule has 4 heteroatoms. The third kappa shape index (κ3) is 3.81. The Morgan fingerprint density at radius 3 is 2.80 bits per heavy atom. The van der Waals surface area contributed by atoms with E-state index in [2.05, 4.69) is 34.7 Å². The smallest absolute Gasteiger partial charge is 0.123 e. The summed E-state index contributed by atoms with van der Waals surface area (Å²) in [6, 6.07) is 8.46. The van der Waals surface area contributed by atoms with Crippen LogP contribution in [0, 0.1) is 6.92 Å². The van der Waals surface area contributed by atoms with Crippen LogP contribution in [0.1, 0.15) is 35.7 Å². The Balaban J connectivity index is 2.22. The average molecular weight is 290 g/mol. The number of hydrogen-bond donors (Lipinski definition) is 1. The van der Waals surface area contributed by atoms with Crippen LogP contribution in [0.5, 0.6) is 5.75 Å². The zero-order valence-corrected chi connectivity index (χ0v) is 13.2. The van der Waals surface area contributed by atoms with Gasteiger partial charge in [-0.05, 0) is 26.0 Å². The Morgan fingerprint density at radius 1 is 1.35 bits per heavy atom. The molecule has 0 bridgehead atoms. The molecule has 1 heterocycles. The molecule has 0 amide bonds. The van der Waals surface area contributed by atoms with E-state index in [0.717, 1.165) is 30.8 Å². The zero-order chi connectivity index (χ0) is 14.4. The number of thiazole rings is 1. The van der Waals surface area contributed by atoms with E-state index in [9.17, 15) is 0 Å². The standard InChI is InChI=1S/C16H22N2OS/c1-4-9-17-14(10-16-18-12(2)11-20-16)13-7-5-6-8-15(13)19-3/h5-8,11,14,17H,4,9-10H2,1-3H3. The molecule has 1 N–H and O–H groups in total. The summed E-state index contributed by atoms with van der Waals surface area (Å²) in [5.74, 6) is 0.939. The summed E-state index contributed by atoms with van der Waals surface area (Å²) in [6.45, 7) is 5.21. The molecule has 108 valence electrons. The number of para-hydroxylation sites is 1. The van der Waals surface area contributed by atoms with Gasteiger partial charge in [0.05, 0.1) is 12.1 Å². The van der Waals surface area contributed by atoms with Gasteiger partial charge in [0.25, 0.3) is 0 Å². The molecule has 20 heavy (non-hydrogen) atoms. The van der Waals surface area contributed by atoms with Gasteiger partial charge in [-0.2, -0.15) is 0 Å². The topological polar surface area (TPSA) is 34.2 Å². The third-order valence-electron chi connectivity index (χ3n) is 3.20. The second kappa shape index (κ2) is 7.41. The normalized spacial score (nSPS) is 12.3. The molecule has 0 aliphatic carbocycles. The maximum Gasteiger partial charge on any atom is 0.123 e. The van der Waals surface area contributed by atoms with Crippen LogP contribution in [-0.4, -0.2) is 18.6 Å². The Kier molecular flexibility index (Phi) is 5.56. The van der Waals surface area contributed by atoms with Crippen molar-refractivity contribution >= 4 is 11.3 Å². The molecule has 2 rings (SSSR count). The Morgan fingerprint density at radius 2 is 2.15 bits per heavy atom. The van der Waals surface area contributed by atoms with Crippen LogP contribution in [0.3, 0.4) is 0 Å². The molecule has 1 aromatic carbocycles. The van der Waals surface area contributed by atoms with Crippen molar-refractivity contribution in [1.29, 1.82) is 0 Å². The van der Waals surface area contributed by atoms with Crippen LogP contribution in [-0.2, 0) is 6.42 Å². The number of hydrogen-bond acceptors (Lipinski definition) is 4. The van der Waals surface area contributed by atoms with Crippen LogP contribution < -0.4 is 10.1 Å². The molecule has 0 radical (unpaired) electrons. The van der Waals surface area contributed by atoms with Gasteiger partial charge in [-0.1, -0.05) is 25.1 Å². The Labute approximate surface area is 125 Å². The first-order chi connectivity index (χ1) is 9.74. The number of methoxy groups -OCH3 is 1. The van der Waals surface area contributed by atoms with Gasteiger partial charge in [0, 0.05) is 29.1 Å². The lowest BCUT2D eigenvalue weighted by atomic mass is 10.0. The summed E-state index contributed by atoms with van der Waals surface area (Å²) in [5.41, 5.74) is 2.30. The highest BCUT2D eigenvalue weighted by Crippen LogP contribution is 2.28. The van der Waals surface area contributed by atoms with Gasteiger partial charge in [0.2, 0.25) is 0 Å². The van der Waals surface area contributed by atoms with Crippen LogP contribution in [0.15, 0.2) is 29.6 Å². The van der Waals surface area contributed by atoms with E-state index >= 15 is 0 Å². The predicted octanol–water partition coefficient (Wildman–Crippen LogP) is 3.74. The molecule has 0 aliphatic rings. The first-order valence-corrected chi connectivity index (χ1v) is 7.89. The van der Waals surface area contributed by atoms with Gasteiger partial charge in [-0.25, -0.2) is 4.98 Å². The van der Waals surface area contributed by atoms with E-state index in [0.29, 0.717) is 0 Å². The number of ether oxygens (including phenoxy) is 1. The molecule has 1 unspecified atom stereocenters. The number of nitrogens with one attached hydrogen (secondary N) is 1. The first kappa shape index (κ1) is 15.0. The van der Waals surface area contributed by atoms with Gasteiger partial charge >= 0.3 is 0 Å². The van der Waals surface area contributed by atoms with Crippen molar-refractivity contribution in [3.05, 3.63) is 45.9 Å². The van der Waals surface area contributed by atoms with Crippen LogP contribution in [0.2, 0.25) is 0 Å². The maximum absolute atomic E-state index is 5.49. The molecule has 0 aliphatic heterocycles. The van der Waals surface area contributed by atoms with Crippen molar-refractivity contribution in [3.8, 4) is 5.75 Å². The third-order valence-corrected chi connectivity index (χ3v) is 4.19. The van der Waals surface area contributed by atoms with E-state index in [1.807, 2.05) is 19.1 Å². The van der Waals surface area contributed by atoms with Gasteiger partial charge in [0.15, 0.2) is 0 Å². The monoisotopic (exact) mass is 290 g/mol. The largest absolute Gasteiger partial charge is 0.496 e. The number of rotatable bonds is 7. The second-order valence-electron chi connectivity index (χ2n) is 4.84. The number of benzene rings is 1. The molecule has 2 aromatic rings. The summed E-state index contributed by atoms with van der Waals surface area (Å²) in [5, 5.41) is 6.88. The lowest BCUT2D eigenvalue weighted by Gasteiger charge is -2.20. The number of nitrogens with zero attached hydrogens (tertiary/aromatic N) is 1. The van der Waals surface area contributed by atoms with Crippen molar-refractivity contribution in [3.63, 3.8) is 0 Å². The van der Waals surface area contributed by atoms with Gasteiger partial charge in [-0.15, -0.1) is 11.3 Å². The van der Waals surface area contributed by atoms with Crippen molar-refractivity contribution in [2.75, 3.05) is 13.7 Å². The lowest BCUT2D eigenvalue weighted by molar-refractivity contribution is 0.398. The van der Waals surface area contributed by atoms with Crippen LogP contribution in [0.4, 0.5) is 0 Å². The molecular formula is C16H22N2OS. The molecule has 0 fully saturated rings. The fraction of sp³-hybridized carbons (Fsp3) is 0.438. The van der Waals surface area contributed by atoms with E-state index < -0.39 is 0 Å². The summed E-state index contributed by atoms with van der Waals surface area (Å²) in [7, 11) is 1.73. The minimum absolute atomic E-state index is 0.247. The van der Waals surface area contributed by atoms with E-state index in [4.69, 9.17) is 4.74 Å². The molecule has 0 saturated heterocycles. The van der Waals surface area contributed by atoms with Crippen molar-refractivity contribution in [2.24, 2.45) is 0 Å². The molecule has 0 saturated carbocycles. The fourth-order valence-electron chi connectivity index (χ4n) is 2.24. The minimum Gasteiger partial charge on any atom is -0.496 e. The van der Waals surface area contributed by atoms with Crippen LogP contribution >= 0.6 is 11.3 Å². The summed E-state index contributed by atoms with van der Waals surface area (Å²) in [4.78, 5) is 4.58. The molecule has 1 atom stereocenters. The summed E-state index contributed by atoms with van der Waals surface area (Å²) >= 11 is 1.73. The number of aryl methyl sites for hydroxylation is 1. The molecule has 3 nitrogen and oxygen atoms in total. The SMILES string of the molecule is CCCNC(Cc1nc(C)cs1)c1ccccc1OC. The van der Waals surface area contributed by atoms with Crippen molar-refractivity contribution in [1.82, 2.24) is 10.3 Å². The van der Waals surface area contributed by atoms with E-state index in [-0.39, 0.29) is 6.04 Å². The summed E-state index contributed by atoms with van der Waals surface area (Å²) in [6.07, 6.45) is 2.02. The Bertz CT molecular complexity index is 539. The van der Waals surface area contributed by atoms with E-state index in [1.165, 1.54) is 10.6 Å². The average Bonchev–Trinajstić information content (AvgIpc) is 2.88. The van der Waals surface area contributed by atoms with Crippen molar-refractivity contribution in [2.45, 2.75) is 32.7 Å². The quantitative estimate of drug-likeness (QED) is 0.843. The van der Waals surface area contributed by atoms with Crippen molar-refractivity contribution < 1.29 is 4.74 Å². The van der Waals surface area contributed by atoms with E-state index in [1.54, 1.807) is 18.4 Å². The maximum atomic E-state index is 5.49. The number of aromatic nitrogens is 1. The lowest BCUT2D eigenvalue weighted by Crippen LogP contribution is -2.24. The molecular weight excluding hydrogens is 268 g/mol.